The average molecular weight is 406 g/mol. The molecule has 1 heterocycles. The van der Waals surface area contributed by atoms with Crippen molar-refractivity contribution in [2.45, 2.75) is 6.54 Å². The van der Waals surface area contributed by atoms with Gasteiger partial charge in [0.2, 0.25) is 0 Å². The topological polar surface area (TPSA) is 65.4 Å². The van der Waals surface area contributed by atoms with E-state index >= 15 is 0 Å². The molecule has 8 heteroatoms. The lowest BCUT2D eigenvalue weighted by Crippen LogP contribution is -2.13. The lowest BCUT2D eigenvalue weighted by molar-refractivity contribution is 0.102. The van der Waals surface area contributed by atoms with Crippen LogP contribution in [-0.4, -0.2) is 29.9 Å². The van der Waals surface area contributed by atoms with Crippen molar-refractivity contribution in [1.82, 2.24) is 9.78 Å². The number of anilines is 1. The number of methoxy groups -OCH3 is 2. The molecule has 140 valence electrons. The highest BCUT2D eigenvalue weighted by Crippen LogP contribution is 2.28. The Balaban J connectivity index is 1.70. The molecule has 2 aromatic carbocycles. The summed E-state index contributed by atoms with van der Waals surface area (Å²) >= 11 is 12.0. The second-order valence-corrected chi connectivity index (χ2v) is 6.49. The maximum atomic E-state index is 12.4. The van der Waals surface area contributed by atoms with Crippen LogP contribution in [0.4, 0.5) is 5.82 Å². The number of nitrogens with one attached hydrogen (secondary N) is 1. The van der Waals surface area contributed by atoms with E-state index in [4.69, 9.17) is 32.7 Å². The number of nitrogens with zero attached hydrogens (tertiary/aromatic N) is 2. The highest BCUT2D eigenvalue weighted by Gasteiger charge is 2.12. The number of hydrogen-bond acceptors (Lipinski definition) is 4. The molecule has 0 aliphatic heterocycles. The molecular weight excluding hydrogens is 389 g/mol. The molecule has 0 fully saturated rings. The Labute approximate surface area is 166 Å². The lowest BCUT2D eigenvalue weighted by atomic mass is 10.2. The zero-order valence-electron chi connectivity index (χ0n) is 14.7. The van der Waals surface area contributed by atoms with E-state index in [1.165, 1.54) is 14.2 Å². The Bertz CT molecular complexity index is 973. The van der Waals surface area contributed by atoms with E-state index in [2.05, 4.69) is 10.4 Å². The Hall–Kier alpha value is -2.70. The monoisotopic (exact) mass is 405 g/mol. The largest absolute Gasteiger partial charge is 0.493 e. The molecule has 0 atom stereocenters. The maximum absolute atomic E-state index is 12.4. The summed E-state index contributed by atoms with van der Waals surface area (Å²) in [5, 5.41) is 8.10. The summed E-state index contributed by atoms with van der Waals surface area (Å²) in [6.07, 6.45) is 1.77. The van der Waals surface area contributed by atoms with Crippen LogP contribution in [0.3, 0.4) is 0 Å². The van der Waals surface area contributed by atoms with E-state index in [0.29, 0.717) is 39.5 Å². The van der Waals surface area contributed by atoms with E-state index in [9.17, 15) is 4.79 Å². The van der Waals surface area contributed by atoms with Crippen LogP contribution in [0.1, 0.15) is 15.9 Å². The summed E-state index contributed by atoms with van der Waals surface area (Å²) in [6, 6.07) is 12.1. The second kappa shape index (κ2) is 8.33. The van der Waals surface area contributed by atoms with Crippen molar-refractivity contribution in [3.63, 3.8) is 0 Å². The molecule has 0 spiro atoms. The number of aromatic nitrogens is 2. The molecule has 0 saturated carbocycles. The number of amides is 1. The van der Waals surface area contributed by atoms with Gasteiger partial charge in [-0.15, -0.1) is 0 Å². The van der Waals surface area contributed by atoms with Crippen LogP contribution in [0.25, 0.3) is 0 Å². The Kier molecular flexibility index (Phi) is 5.88. The van der Waals surface area contributed by atoms with Gasteiger partial charge in [-0.05, 0) is 35.9 Å². The molecule has 0 saturated heterocycles. The molecule has 0 radical (unpaired) electrons. The SMILES string of the molecule is COc1ccc(C(=O)Nc2ccn(Cc3ccc(Cl)c(Cl)c3)n2)cc1OC. The van der Waals surface area contributed by atoms with E-state index in [1.807, 2.05) is 6.07 Å². The van der Waals surface area contributed by atoms with Crippen molar-refractivity contribution in [2.75, 3.05) is 19.5 Å². The molecule has 1 aromatic heterocycles. The summed E-state index contributed by atoms with van der Waals surface area (Å²) in [7, 11) is 3.06. The third kappa shape index (κ3) is 4.53. The van der Waals surface area contributed by atoms with E-state index < -0.39 is 0 Å². The highest BCUT2D eigenvalue weighted by atomic mass is 35.5. The van der Waals surface area contributed by atoms with Gasteiger partial charge in [0.15, 0.2) is 17.3 Å². The summed E-state index contributed by atoms with van der Waals surface area (Å²) in [6.45, 7) is 0.503. The summed E-state index contributed by atoms with van der Waals surface area (Å²) < 4.78 is 12.1. The van der Waals surface area contributed by atoms with Gasteiger partial charge < -0.3 is 14.8 Å². The minimum Gasteiger partial charge on any atom is -0.493 e. The van der Waals surface area contributed by atoms with Crippen molar-refractivity contribution in [1.29, 1.82) is 0 Å². The number of carbonyl (C=O) groups excluding carboxylic acids is 1. The normalized spacial score (nSPS) is 10.5. The molecule has 3 aromatic rings. The minimum absolute atomic E-state index is 0.296. The van der Waals surface area contributed by atoms with Gasteiger partial charge in [-0.1, -0.05) is 29.3 Å². The number of benzene rings is 2. The number of hydrogen-bond donors (Lipinski definition) is 1. The van der Waals surface area contributed by atoms with Crippen LogP contribution in [0.15, 0.2) is 48.7 Å². The van der Waals surface area contributed by atoms with Gasteiger partial charge in [-0.2, -0.15) is 5.10 Å². The second-order valence-electron chi connectivity index (χ2n) is 5.67. The Morgan fingerprint density at radius 3 is 2.52 bits per heavy atom. The van der Waals surface area contributed by atoms with Gasteiger partial charge in [-0.25, -0.2) is 0 Å². The zero-order chi connectivity index (χ0) is 19.4. The predicted molar refractivity (Wildman–Crippen MR) is 105 cm³/mol. The predicted octanol–water partition coefficient (Wildman–Crippen LogP) is 4.51. The van der Waals surface area contributed by atoms with Gasteiger partial charge in [0.1, 0.15) is 0 Å². The van der Waals surface area contributed by atoms with Crippen LogP contribution in [0, 0.1) is 0 Å². The Morgan fingerprint density at radius 1 is 1.04 bits per heavy atom. The number of rotatable bonds is 6. The molecule has 0 bridgehead atoms. The van der Waals surface area contributed by atoms with E-state index in [-0.39, 0.29) is 5.91 Å². The van der Waals surface area contributed by atoms with E-state index in [0.717, 1.165) is 5.56 Å². The van der Waals surface area contributed by atoms with Gasteiger partial charge in [0.05, 0.1) is 30.8 Å². The van der Waals surface area contributed by atoms with Crippen molar-refractivity contribution in [3.05, 3.63) is 69.8 Å². The lowest BCUT2D eigenvalue weighted by Gasteiger charge is -2.09. The first-order chi connectivity index (χ1) is 13.0. The fraction of sp³-hybridized carbons (Fsp3) is 0.158. The number of halogens is 2. The van der Waals surface area contributed by atoms with Gasteiger partial charge >= 0.3 is 0 Å². The third-order valence-electron chi connectivity index (χ3n) is 3.86. The number of ether oxygens (including phenoxy) is 2. The van der Waals surface area contributed by atoms with Crippen molar-refractivity contribution in [2.24, 2.45) is 0 Å². The molecule has 0 aliphatic rings. The van der Waals surface area contributed by atoms with Gasteiger partial charge in [0, 0.05) is 17.8 Å². The van der Waals surface area contributed by atoms with Gasteiger partial charge in [0.25, 0.3) is 5.91 Å². The quantitative estimate of drug-likeness (QED) is 0.655. The minimum atomic E-state index is -0.296. The maximum Gasteiger partial charge on any atom is 0.257 e. The molecule has 0 aliphatic carbocycles. The summed E-state index contributed by atoms with van der Waals surface area (Å²) in [5.74, 6) is 1.18. The van der Waals surface area contributed by atoms with Crippen LogP contribution in [0.2, 0.25) is 10.0 Å². The van der Waals surface area contributed by atoms with Crippen molar-refractivity contribution in [3.8, 4) is 11.5 Å². The molecule has 1 amide bonds. The molecule has 1 N–H and O–H groups in total. The molecular formula is C19H17Cl2N3O3. The molecule has 27 heavy (non-hydrogen) atoms. The van der Waals surface area contributed by atoms with Gasteiger partial charge in [-0.3, -0.25) is 9.48 Å². The standard InChI is InChI=1S/C19H17Cl2N3O3/c1-26-16-6-4-13(10-17(16)27-2)19(25)22-18-7-8-24(23-18)11-12-3-5-14(20)15(21)9-12/h3-10H,11H2,1-2H3,(H,22,23,25). The first-order valence-corrected chi connectivity index (χ1v) is 8.76. The summed E-state index contributed by atoms with van der Waals surface area (Å²) in [4.78, 5) is 12.4. The average Bonchev–Trinajstić information content (AvgIpc) is 3.10. The van der Waals surface area contributed by atoms with Crippen molar-refractivity contribution >= 4 is 34.9 Å². The van der Waals surface area contributed by atoms with Crippen LogP contribution < -0.4 is 14.8 Å². The highest BCUT2D eigenvalue weighted by molar-refractivity contribution is 6.42. The van der Waals surface area contributed by atoms with Crippen LogP contribution >= 0.6 is 23.2 Å². The first kappa shape index (κ1) is 19.1. The smallest absolute Gasteiger partial charge is 0.257 e. The fourth-order valence-corrected chi connectivity index (χ4v) is 2.83. The molecule has 3 rings (SSSR count). The molecule has 0 unspecified atom stereocenters. The number of carbonyl (C=O) groups is 1. The third-order valence-corrected chi connectivity index (χ3v) is 4.60. The summed E-state index contributed by atoms with van der Waals surface area (Å²) in [5.41, 5.74) is 1.39. The van der Waals surface area contributed by atoms with E-state index in [1.54, 1.807) is 47.3 Å². The van der Waals surface area contributed by atoms with Crippen LogP contribution in [-0.2, 0) is 6.54 Å². The van der Waals surface area contributed by atoms with Crippen molar-refractivity contribution < 1.29 is 14.3 Å². The fourth-order valence-electron chi connectivity index (χ4n) is 2.51. The van der Waals surface area contributed by atoms with Crippen LogP contribution in [0.5, 0.6) is 11.5 Å². The first-order valence-electron chi connectivity index (χ1n) is 8.01. The zero-order valence-corrected chi connectivity index (χ0v) is 16.2. The molecule has 6 nitrogen and oxygen atoms in total. The Morgan fingerprint density at radius 2 is 1.81 bits per heavy atom.